The average molecular weight is 467 g/mol. The summed E-state index contributed by atoms with van der Waals surface area (Å²) < 4.78 is 39.1. The second-order valence-electron chi connectivity index (χ2n) is 10.1. The van der Waals surface area contributed by atoms with Gasteiger partial charge < -0.3 is 19.5 Å². The summed E-state index contributed by atoms with van der Waals surface area (Å²) in [6.45, 7) is 3.25. The summed E-state index contributed by atoms with van der Waals surface area (Å²) in [5.74, 6) is 1.13. The Bertz CT molecular complexity index is 907. The first-order chi connectivity index (χ1) is 15.4. The predicted molar refractivity (Wildman–Crippen MR) is 118 cm³/mol. The van der Waals surface area contributed by atoms with E-state index in [2.05, 4.69) is 22.4 Å². The lowest BCUT2D eigenvalue weighted by Crippen LogP contribution is -2.53. The quantitative estimate of drug-likeness (QED) is 0.679. The zero-order chi connectivity index (χ0) is 22.3. The van der Waals surface area contributed by atoms with Crippen molar-refractivity contribution in [3.8, 4) is 0 Å². The van der Waals surface area contributed by atoms with Gasteiger partial charge in [0.15, 0.2) is 5.69 Å². The maximum absolute atomic E-state index is 13.3. The van der Waals surface area contributed by atoms with Crippen molar-refractivity contribution >= 4 is 15.9 Å². The number of aromatic nitrogens is 1. The molecule has 1 aromatic rings. The van der Waals surface area contributed by atoms with Gasteiger partial charge in [-0.25, -0.2) is 8.42 Å². The molecule has 178 valence electrons. The molecule has 10 heteroatoms. The Morgan fingerprint density at radius 3 is 2.53 bits per heavy atom. The fourth-order valence-corrected chi connectivity index (χ4v) is 8.32. The molecular formula is C22H34N4O5S. The van der Waals surface area contributed by atoms with Crippen LogP contribution in [0.3, 0.4) is 0 Å². The van der Waals surface area contributed by atoms with E-state index in [0.29, 0.717) is 31.8 Å². The van der Waals surface area contributed by atoms with Gasteiger partial charge in [-0.05, 0) is 71.0 Å². The second-order valence-corrected chi connectivity index (χ2v) is 12.0. The van der Waals surface area contributed by atoms with E-state index in [1.807, 2.05) is 0 Å². The summed E-state index contributed by atoms with van der Waals surface area (Å²) in [7, 11) is -1.19. The third kappa shape index (κ3) is 4.60. The highest BCUT2D eigenvalue weighted by molar-refractivity contribution is 7.89. The number of amides is 1. The molecule has 4 aliphatic rings. The van der Waals surface area contributed by atoms with E-state index in [4.69, 9.17) is 9.26 Å². The lowest BCUT2D eigenvalue weighted by atomic mass is 9.99. The summed E-state index contributed by atoms with van der Waals surface area (Å²) in [4.78, 5) is 15.0. The molecule has 4 saturated heterocycles. The third-order valence-corrected chi connectivity index (χ3v) is 9.83. The van der Waals surface area contributed by atoms with Crippen molar-refractivity contribution < 1.29 is 22.5 Å². The number of nitrogens with zero attached hydrogens (tertiary/aromatic N) is 3. The number of rotatable bonds is 6. The number of piperidine rings is 2. The van der Waals surface area contributed by atoms with E-state index < -0.39 is 10.0 Å². The van der Waals surface area contributed by atoms with Gasteiger partial charge in [0.2, 0.25) is 10.0 Å². The van der Waals surface area contributed by atoms with Crippen LogP contribution in [-0.4, -0.2) is 85.9 Å². The lowest BCUT2D eigenvalue weighted by molar-refractivity contribution is 0.0900. The fourth-order valence-electron chi connectivity index (χ4n) is 5.93. The molecule has 0 aliphatic carbocycles. The molecule has 4 fully saturated rings. The smallest absolute Gasteiger partial charge is 0.273 e. The molecule has 4 aliphatic heterocycles. The molecule has 4 atom stereocenters. The molecule has 1 N–H and O–H groups in total. The summed E-state index contributed by atoms with van der Waals surface area (Å²) in [5, 5.41) is 7.03. The van der Waals surface area contributed by atoms with Crippen LogP contribution in [0.15, 0.2) is 10.6 Å². The molecule has 0 aromatic carbocycles. The van der Waals surface area contributed by atoms with Gasteiger partial charge in [-0.15, -0.1) is 0 Å². The second kappa shape index (κ2) is 9.04. The van der Waals surface area contributed by atoms with Crippen LogP contribution in [-0.2, 0) is 14.8 Å². The van der Waals surface area contributed by atoms with E-state index in [1.54, 1.807) is 10.4 Å². The minimum Gasteiger partial charge on any atom is -0.381 e. The molecule has 5 rings (SSSR count). The molecule has 2 unspecified atom stereocenters. The minimum absolute atomic E-state index is 0.0150. The van der Waals surface area contributed by atoms with Crippen LogP contribution < -0.4 is 5.32 Å². The molecule has 1 amide bonds. The van der Waals surface area contributed by atoms with Gasteiger partial charge >= 0.3 is 0 Å². The van der Waals surface area contributed by atoms with Gasteiger partial charge in [-0.2, -0.15) is 4.31 Å². The fraction of sp³-hybridized carbons (Fsp3) is 0.818. The molecule has 9 nitrogen and oxygen atoms in total. The molecule has 0 radical (unpaired) electrons. The monoisotopic (exact) mass is 466 g/mol. The van der Waals surface area contributed by atoms with Gasteiger partial charge in [0, 0.05) is 36.7 Å². The van der Waals surface area contributed by atoms with E-state index >= 15 is 0 Å². The molecule has 2 bridgehead atoms. The van der Waals surface area contributed by atoms with Crippen LogP contribution in [0.25, 0.3) is 0 Å². The topological polar surface area (TPSA) is 105 Å². The van der Waals surface area contributed by atoms with Gasteiger partial charge in [-0.1, -0.05) is 5.16 Å². The van der Waals surface area contributed by atoms with Gasteiger partial charge in [0.1, 0.15) is 5.76 Å². The number of hydrogen-bond donors (Lipinski definition) is 1. The number of likely N-dealkylation sites (tertiary alicyclic amines) is 1. The zero-order valence-corrected chi connectivity index (χ0v) is 19.6. The van der Waals surface area contributed by atoms with Crippen molar-refractivity contribution in [1.82, 2.24) is 19.7 Å². The van der Waals surface area contributed by atoms with Crippen LogP contribution in [0.1, 0.15) is 67.1 Å². The number of hydrogen-bond acceptors (Lipinski definition) is 7. The summed E-state index contributed by atoms with van der Waals surface area (Å²) in [6.07, 6.45) is 5.85. The Labute approximate surface area is 189 Å². The molecular weight excluding hydrogens is 432 g/mol. The molecule has 0 spiro atoms. The van der Waals surface area contributed by atoms with Gasteiger partial charge in [-0.3, -0.25) is 4.79 Å². The highest BCUT2D eigenvalue weighted by atomic mass is 32.2. The van der Waals surface area contributed by atoms with E-state index in [-0.39, 0.29) is 47.3 Å². The summed E-state index contributed by atoms with van der Waals surface area (Å²) in [6, 6.07) is 1.65. The van der Waals surface area contributed by atoms with Gasteiger partial charge in [0.25, 0.3) is 5.91 Å². The number of fused-ring (bicyclic) bond motifs is 2. The Morgan fingerprint density at radius 2 is 1.88 bits per heavy atom. The standard InChI is InChI=1S/C22H34N4O5S/c1-25-7-4-15(5-8-25)14-32(28,29)26-18-2-3-19(26)11-17(10-18)23-22(27)20-12-21(31-24-20)16-6-9-30-13-16/h12,15-19H,2-11,13-14H2,1H3,(H,23,27)/t16?,17?,18-,19+. The number of carbonyl (C=O) groups excluding carboxylic acids is 1. The lowest BCUT2D eigenvalue weighted by Gasteiger charge is -2.39. The van der Waals surface area contributed by atoms with Crippen LogP contribution in [0, 0.1) is 5.92 Å². The Balaban J connectivity index is 1.18. The van der Waals surface area contributed by atoms with Gasteiger partial charge in [0.05, 0.1) is 12.4 Å². The third-order valence-electron chi connectivity index (χ3n) is 7.70. The Kier molecular flexibility index (Phi) is 6.30. The summed E-state index contributed by atoms with van der Waals surface area (Å²) in [5.41, 5.74) is 0.288. The van der Waals surface area contributed by atoms with E-state index in [0.717, 1.165) is 45.2 Å². The van der Waals surface area contributed by atoms with E-state index in [1.165, 1.54) is 0 Å². The first-order valence-corrected chi connectivity index (χ1v) is 13.5. The van der Waals surface area contributed by atoms with Crippen LogP contribution in [0.5, 0.6) is 0 Å². The first-order valence-electron chi connectivity index (χ1n) is 11.9. The minimum atomic E-state index is -3.28. The Morgan fingerprint density at radius 1 is 1.16 bits per heavy atom. The maximum atomic E-state index is 13.3. The van der Waals surface area contributed by atoms with Crippen LogP contribution in [0.4, 0.5) is 0 Å². The highest BCUT2D eigenvalue weighted by Gasteiger charge is 2.47. The predicted octanol–water partition coefficient (Wildman–Crippen LogP) is 1.58. The van der Waals surface area contributed by atoms with Crippen LogP contribution >= 0.6 is 0 Å². The van der Waals surface area contributed by atoms with Crippen LogP contribution in [0.2, 0.25) is 0 Å². The Hall–Kier alpha value is -1.49. The maximum Gasteiger partial charge on any atom is 0.273 e. The highest BCUT2D eigenvalue weighted by Crippen LogP contribution is 2.39. The molecule has 32 heavy (non-hydrogen) atoms. The van der Waals surface area contributed by atoms with Crippen molar-refractivity contribution in [2.75, 3.05) is 39.1 Å². The van der Waals surface area contributed by atoms with Crippen molar-refractivity contribution in [2.24, 2.45) is 5.92 Å². The normalized spacial score (nSPS) is 32.4. The number of sulfonamides is 1. The largest absolute Gasteiger partial charge is 0.381 e. The SMILES string of the molecule is CN1CCC(CS(=O)(=O)N2[C@@H]3CC[C@H]2CC(NC(=O)c2cc(C4CCOC4)on2)C3)CC1. The zero-order valence-electron chi connectivity index (χ0n) is 18.7. The first kappa shape index (κ1) is 22.3. The number of ether oxygens (including phenoxy) is 1. The van der Waals surface area contributed by atoms with Crippen molar-refractivity contribution in [3.05, 3.63) is 17.5 Å². The van der Waals surface area contributed by atoms with E-state index in [9.17, 15) is 13.2 Å². The van der Waals surface area contributed by atoms with Crippen molar-refractivity contribution in [2.45, 2.75) is 69.0 Å². The van der Waals surface area contributed by atoms with Crippen molar-refractivity contribution in [1.29, 1.82) is 0 Å². The number of carbonyl (C=O) groups is 1. The summed E-state index contributed by atoms with van der Waals surface area (Å²) >= 11 is 0. The molecule has 5 heterocycles. The van der Waals surface area contributed by atoms with Crippen molar-refractivity contribution in [3.63, 3.8) is 0 Å². The molecule has 0 saturated carbocycles. The molecule has 1 aromatic heterocycles. The average Bonchev–Trinajstić information content (AvgIpc) is 3.49. The number of nitrogens with one attached hydrogen (secondary N) is 1.